The van der Waals surface area contributed by atoms with Gasteiger partial charge in [-0.1, -0.05) is 17.7 Å². The lowest BCUT2D eigenvalue weighted by molar-refractivity contribution is 0.199. The first kappa shape index (κ1) is 15.8. The van der Waals surface area contributed by atoms with Crippen LogP contribution in [0.15, 0.2) is 30.6 Å². The van der Waals surface area contributed by atoms with Gasteiger partial charge in [0.25, 0.3) is 0 Å². The lowest BCUT2D eigenvalue weighted by Crippen LogP contribution is -2.18. The van der Waals surface area contributed by atoms with Crippen molar-refractivity contribution >= 4 is 11.6 Å². The summed E-state index contributed by atoms with van der Waals surface area (Å²) in [5, 5.41) is 3.88. The number of aryl methyl sites for hydroxylation is 1. The van der Waals surface area contributed by atoms with Crippen LogP contribution in [0.4, 0.5) is 0 Å². The van der Waals surface area contributed by atoms with Crippen LogP contribution in [0.5, 0.6) is 5.75 Å². The van der Waals surface area contributed by atoms with Gasteiger partial charge in [-0.25, -0.2) is 4.98 Å². The Bertz CT molecular complexity index is 572. The molecule has 114 valence electrons. The van der Waals surface area contributed by atoms with E-state index in [1.807, 2.05) is 36.0 Å². The summed E-state index contributed by atoms with van der Waals surface area (Å²) in [5.41, 5.74) is 1.11. The van der Waals surface area contributed by atoms with E-state index in [1.54, 1.807) is 13.3 Å². The first-order valence-corrected chi connectivity index (χ1v) is 7.15. The number of imidazole rings is 1. The smallest absolute Gasteiger partial charge is 0.146 e. The predicted octanol–water partition coefficient (Wildman–Crippen LogP) is 2.39. The third-order valence-electron chi connectivity index (χ3n) is 3.09. The molecule has 2 rings (SSSR count). The number of methoxy groups -OCH3 is 1. The minimum atomic E-state index is 0.397. The van der Waals surface area contributed by atoms with Gasteiger partial charge in [-0.2, -0.15) is 0 Å². The fourth-order valence-electron chi connectivity index (χ4n) is 1.86. The second-order valence-electron chi connectivity index (χ2n) is 4.68. The molecular formula is C15H20ClN3O2. The molecule has 5 nitrogen and oxygen atoms in total. The van der Waals surface area contributed by atoms with E-state index in [9.17, 15) is 0 Å². The molecule has 0 saturated heterocycles. The molecule has 6 heteroatoms. The van der Waals surface area contributed by atoms with Crippen molar-refractivity contribution in [3.63, 3.8) is 0 Å². The van der Waals surface area contributed by atoms with Gasteiger partial charge in [-0.05, 0) is 17.7 Å². The van der Waals surface area contributed by atoms with Gasteiger partial charge < -0.3 is 19.4 Å². The molecule has 0 spiro atoms. The van der Waals surface area contributed by atoms with Gasteiger partial charge in [0.05, 0.1) is 11.6 Å². The molecular weight excluding hydrogens is 290 g/mol. The Balaban J connectivity index is 1.88. The summed E-state index contributed by atoms with van der Waals surface area (Å²) in [7, 11) is 3.62. The van der Waals surface area contributed by atoms with Crippen LogP contribution in [0, 0.1) is 0 Å². The number of hydrogen-bond donors (Lipinski definition) is 1. The molecule has 1 aromatic heterocycles. The van der Waals surface area contributed by atoms with Crippen LogP contribution in [0.2, 0.25) is 5.02 Å². The Hall–Kier alpha value is -1.56. The van der Waals surface area contributed by atoms with Gasteiger partial charge in [-0.15, -0.1) is 0 Å². The largest absolute Gasteiger partial charge is 0.484 e. The quantitative estimate of drug-likeness (QED) is 0.761. The lowest BCUT2D eigenvalue weighted by atomic mass is 10.2. The van der Waals surface area contributed by atoms with Crippen molar-refractivity contribution in [2.45, 2.75) is 13.2 Å². The zero-order valence-corrected chi connectivity index (χ0v) is 13.1. The Morgan fingerprint density at radius 3 is 2.90 bits per heavy atom. The van der Waals surface area contributed by atoms with Crippen LogP contribution in [0.1, 0.15) is 11.4 Å². The maximum Gasteiger partial charge on any atom is 0.146 e. The molecule has 0 amide bonds. The Labute approximate surface area is 129 Å². The molecule has 0 aliphatic heterocycles. The molecule has 1 heterocycles. The topological polar surface area (TPSA) is 48.3 Å². The Morgan fingerprint density at radius 2 is 2.24 bits per heavy atom. The summed E-state index contributed by atoms with van der Waals surface area (Å²) in [4.78, 5) is 4.21. The summed E-state index contributed by atoms with van der Waals surface area (Å²) >= 11 is 6.24. The van der Waals surface area contributed by atoms with Gasteiger partial charge >= 0.3 is 0 Å². The highest BCUT2D eigenvalue weighted by molar-refractivity contribution is 6.32. The first-order valence-electron chi connectivity index (χ1n) is 6.78. The minimum Gasteiger partial charge on any atom is -0.484 e. The summed E-state index contributed by atoms with van der Waals surface area (Å²) in [6.45, 7) is 2.65. The Kier molecular flexibility index (Phi) is 6.04. The molecule has 2 aromatic rings. The maximum atomic E-state index is 6.24. The molecule has 0 aliphatic rings. The van der Waals surface area contributed by atoms with Crippen molar-refractivity contribution in [2.75, 3.05) is 20.3 Å². The number of nitrogens with zero attached hydrogens (tertiary/aromatic N) is 2. The first-order chi connectivity index (χ1) is 10.2. The standard InChI is InChI=1S/C15H20ClN3O2/c1-19-7-5-18-15(19)11-21-14-4-3-12(9-13(14)16)10-17-6-8-20-2/h3-5,7,9,17H,6,8,10-11H2,1-2H3. The van der Waals surface area contributed by atoms with Gasteiger partial charge in [0.1, 0.15) is 18.2 Å². The van der Waals surface area contributed by atoms with Crippen LogP contribution in [-0.2, 0) is 24.9 Å². The molecule has 0 aliphatic carbocycles. The van der Waals surface area contributed by atoms with E-state index < -0.39 is 0 Å². The van der Waals surface area contributed by atoms with Crippen molar-refractivity contribution < 1.29 is 9.47 Å². The highest BCUT2D eigenvalue weighted by atomic mass is 35.5. The van der Waals surface area contributed by atoms with E-state index in [4.69, 9.17) is 21.1 Å². The molecule has 0 radical (unpaired) electrons. The van der Waals surface area contributed by atoms with E-state index in [1.165, 1.54) is 0 Å². The van der Waals surface area contributed by atoms with Crippen molar-refractivity contribution in [1.29, 1.82) is 0 Å². The number of ether oxygens (including phenoxy) is 2. The average molecular weight is 310 g/mol. The molecule has 0 saturated carbocycles. The third-order valence-corrected chi connectivity index (χ3v) is 3.38. The molecule has 1 aromatic carbocycles. The van der Waals surface area contributed by atoms with Gasteiger partial charge in [0, 0.05) is 39.6 Å². The van der Waals surface area contributed by atoms with Crippen LogP contribution in [0.3, 0.4) is 0 Å². The maximum absolute atomic E-state index is 6.24. The van der Waals surface area contributed by atoms with E-state index in [2.05, 4.69) is 10.3 Å². The van der Waals surface area contributed by atoms with Gasteiger partial charge in [-0.3, -0.25) is 0 Å². The SMILES string of the molecule is COCCNCc1ccc(OCc2nccn2C)c(Cl)c1. The molecule has 0 unspecified atom stereocenters. The Morgan fingerprint density at radius 1 is 1.38 bits per heavy atom. The zero-order chi connectivity index (χ0) is 15.1. The van der Waals surface area contributed by atoms with Crippen molar-refractivity contribution in [1.82, 2.24) is 14.9 Å². The second-order valence-corrected chi connectivity index (χ2v) is 5.08. The van der Waals surface area contributed by atoms with Crippen LogP contribution in [0.25, 0.3) is 0 Å². The number of benzene rings is 1. The molecule has 0 bridgehead atoms. The molecule has 0 fully saturated rings. The average Bonchev–Trinajstić information content (AvgIpc) is 2.88. The highest BCUT2D eigenvalue weighted by Crippen LogP contribution is 2.26. The summed E-state index contributed by atoms with van der Waals surface area (Å²) in [6, 6.07) is 5.80. The second kappa shape index (κ2) is 8.02. The normalized spacial score (nSPS) is 10.8. The highest BCUT2D eigenvalue weighted by Gasteiger charge is 2.05. The molecule has 1 N–H and O–H groups in total. The van der Waals surface area contributed by atoms with Gasteiger partial charge in [0.2, 0.25) is 0 Å². The minimum absolute atomic E-state index is 0.397. The number of rotatable bonds is 8. The van der Waals surface area contributed by atoms with E-state index in [0.717, 1.165) is 24.5 Å². The van der Waals surface area contributed by atoms with Gasteiger partial charge in [0.15, 0.2) is 0 Å². The number of hydrogen-bond acceptors (Lipinski definition) is 4. The van der Waals surface area contributed by atoms with Crippen molar-refractivity contribution in [3.05, 3.63) is 47.0 Å². The lowest BCUT2D eigenvalue weighted by Gasteiger charge is -2.10. The van der Waals surface area contributed by atoms with Crippen LogP contribution >= 0.6 is 11.6 Å². The summed E-state index contributed by atoms with van der Waals surface area (Å²) in [5.74, 6) is 1.52. The zero-order valence-electron chi connectivity index (χ0n) is 12.3. The predicted molar refractivity (Wildman–Crippen MR) is 82.6 cm³/mol. The van der Waals surface area contributed by atoms with Crippen LogP contribution in [-0.4, -0.2) is 29.8 Å². The fourth-order valence-corrected chi connectivity index (χ4v) is 2.11. The van der Waals surface area contributed by atoms with E-state index in [0.29, 0.717) is 24.0 Å². The number of aromatic nitrogens is 2. The van der Waals surface area contributed by atoms with Crippen molar-refractivity contribution in [2.24, 2.45) is 7.05 Å². The molecule has 21 heavy (non-hydrogen) atoms. The van der Waals surface area contributed by atoms with Crippen molar-refractivity contribution in [3.8, 4) is 5.75 Å². The monoisotopic (exact) mass is 309 g/mol. The third kappa shape index (κ3) is 4.74. The number of nitrogens with one attached hydrogen (secondary N) is 1. The fraction of sp³-hybridized carbons (Fsp3) is 0.400. The van der Waals surface area contributed by atoms with E-state index >= 15 is 0 Å². The van der Waals surface area contributed by atoms with E-state index in [-0.39, 0.29) is 0 Å². The van der Waals surface area contributed by atoms with Crippen LogP contribution < -0.4 is 10.1 Å². The summed E-state index contributed by atoms with van der Waals surface area (Å²) in [6.07, 6.45) is 3.63. The molecule has 0 atom stereocenters. The summed E-state index contributed by atoms with van der Waals surface area (Å²) < 4.78 is 12.6. The number of halogens is 1.